The van der Waals surface area contributed by atoms with Crippen LogP contribution in [0.5, 0.6) is 0 Å². The van der Waals surface area contributed by atoms with Crippen LogP contribution in [0.3, 0.4) is 0 Å². The third kappa shape index (κ3) is 3.55. The van der Waals surface area contributed by atoms with Gasteiger partial charge in [-0.15, -0.1) is 22.9 Å². The zero-order chi connectivity index (χ0) is 14.0. The fourth-order valence-electron chi connectivity index (χ4n) is 1.44. The van der Waals surface area contributed by atoms with E-state index in [1.165, 1.54) is 6.07 Å². The predicted octanol–water partition coefficient (Wildman–Crippen LogP) is 4.59. The highest BCUT2D eigenvalue weighted by molar-refractivity contribution is 7.93. The van der Waals surface area contributed by atoms with E-state index >= 15 is 0 Å². The summed E-state index contributed by atoms with van der Waals surface area (Å²) < 4.78 is 27.2. The molecule has 8 heteroatoms. The largest absolute Gasteiger partial charge is 0.280 e. The molecule has 0 amide bonds. The van der Waals surface area contributed by atoms with Gasteiger partial charge in [-0.25, -0.2) is 8.42 Å². The van der Waals surface area contributed by atoms with Crippen LogP contribution in [0, 0.1) is 0 Å². The van der Waals surface area contributed by atoms with Crippen molar-refractivity contribution in [3.05, 3.63) is 44.6 Å². The molecule has 0 aliphatic carbocycles. The molecule has 2 aromatic rings. The van der Waals surface area contributed by atoms with Crippen LogP contribution in [0.15, 0.2) is 35.2 Å². The van der Waals surface area contributed by atoms with Crippen LogP contribution in [0.4, 0.5) is 5.69 Å². The van der Waals surface area contributed by atoms with Gasteiger partial charge in [-0.2, -0.15) is 0 Å². The minimum atomic E-state index is -3.75. The monoisotopic (exact) mass is 355 g/mol. The zero-order valence-corrected chi connectivity index (χ0v) is 13.3. The fraction of sp³-hybridized carbons (Fsp3) is 0.0909. The summed E-state index contributed by atoms with van der Waals surface area (Å²) in [7, 11) is -3.75. The van der Waals surface area contributed by atoms with Crippen LogP contribution >= 0.6 is 46.1 Å². The first kappa shape index (κ1) is 14.9. The Kier molecular flexibility index (Phi) is 4.63. The van der Waals surface area contributed by atoms with Crippen molar-refractivity contribution in [1.29, 1.82) is 0 Å². The van der Waals surface area contributed by atoms with E-state index < -0.39 is 10.0 Å². The number of halogens is 3. The molecule has 0 aliphatic heterocycles. The van der Waals surface area contributed by atoms with Crippen LogP contribution in [-0.2, 0) is 15.9 Å². The molecule has 1 N–H and O–H groups in total. The van der Waals surface area contributed by atoms with E-state index in [-0.39, 0.29) is 9.23 Å². The first-order valence-electron chi connectivity index (χ1n) is 5.05. The summed E-state index contributed by atoms with van der Waals surface area (Å²) in [6.07, 6.45) is 0. The van der Waals surface area contributed by atoms with Crippen LogP contribution < -0.4 is 4.72 Å². The van der Waals surface area contributed by atoms with Crippen LogP contribution in [0.25, 0.3) is 0 Å². The molecule has 2 rings (SSSR count). The second kappa shape index (κ2) is 5.89. The number of rotatable bonds is 4. The molecule has 1 heterocycles. The zero-order valence-electron chi connectivity index (χ0n) is 9.36. The van der Waals surface area contributed by atoms with E-state index in [0.29, 0.717) is 15.9 Å². The summed E-state index contributed by atoms with van der Waals surface area (Å²) in [4.78, 5) is -0.0274. The molecular formula is C11H8Cl3NO2S2. The van der Waals surface area contributed by atoms with Crippen molar-refractivity contribution >= 4 is 61.9 Å². The average Bonchev–Trinajstić information content (AvgIpc) is 2.69. The summed E-state index contributed by atoms with van der Waals surface area (Å²) in [6, 6.07) is 8.14. The molecule has 1 aromatic heterocycles. The summed E-state index contributed by atoms with van der Waals surface area (Å²) in [6.45, 7) is 0. The smallest absolute Gasteiger partial charge is 0.264 e. The van der Waals surface area contributed by atoms with Crippen LogP contribution in [0.1, 0.15) is 5.56 Å². The Labute approximate surface area is 130 Å². The molecule has 3 nitrogen and oxygen atoms in total. The highest BCUT2D eigenvalue weighted by Crippen LogP contribution is 2.35. The molecule has 0 fully saturated rings. The Hall–Kier alpha value is -0.460. The van der Waals surface area contributed by atoms with Gasteiger partial charge in [0.25, 0.3) is 10.0 Å². The fourth-order valence-corrected chi connectivity index (χ4v) is 4.80. The number of sulfonamides is 1. The second-order valence-corrected chi connectivity index (χ2v) is 7.83. The Morgan fingerprint density at radius 3 is 2.53 bits per heavy atom. The van der Waals surface area contributed by atoms with E-state index in [4.69, 9.17) is 34.8 Å². The quantitative estimate of drug-likeness (QED) is 0.814. The molecule has 0 unspecified atom stereocenters. The normalized spacial score (nSPS) is 11.5. The lowest BCUT2D eigenvalue weighted by molar-refractivity contribution is 0.601. The van der Waals surface area contributed by atoms with Crippen molar-refractivity contribution in [3.63, 3.8) is 0 Å². The standard InChI is InChI=1S/C11H8Cl3NO2S2/c12-6-7-2-1-3-8(4-7)15-19(16,17)9-5-10(13)18-11(9)14/h1-5,15H,6H2. The van der Waals surface area contributed by atoms with Crippen molar-refractivity contribution in [3.8, 4) is 0 Å². The molecule has 0 bridgehead atoms. The maximum atomic E-state index is 12.2. The van der Waals surface area contributed by atoms with Crippen LogP contribution in [0.2, 0.25) is 8.67 Å². The van der Waals surface area contributed by atoms with Crippen molar-refractivity contribution in [1.82, 2.24) is 0 Å². The topological polar surface area (TPSA) is 46.2 Å². The summed E-state index contributed by atoms with van der Waals surface area (Å²) in [5.74, 6) is 0.306. The Morgan fingerprint density at radius 1 is 1.21 bits per heavy atom. The SMILES string of the molecule is O=S(=O)(Nc1cccc(CCl)c1)c1cc(Cl)sc1Cl. The second-order valence-electron chi connectivity index (χ2n) is 3.63. The number of thiophene rings is 1. The molecule has 1 aromatic carbocycles. The van der Waals surface area contributed by atoms with Gasteiger partial charge < -0.3 is 0 Å². The van der Waals surface area contributed by atoms with Crippen molar-refractivity contribution < 1.29 is 8.42 Å². The van der Waals surface area contributed by atoms with Crippen molar-refractivity contribution in [2.75, 3.05) is 4.72 Å². The van der Waals surface area contributed by atoms with Gasteiger partial charge in [-0.1, -0.05) is 35.3 Å². The van der Waals surface area contributed by atoms with Crippen molar-refractivity contribution in [2.45, 2.75) is 10.8 Å². The minimum Gasteiger partial charge on any atom is -0.280 e. The molecule has 0 spiro atoms. The summed E-state index contributed by atoms with van der Waals surface area (Å²) in [5, 5.41) is 0. The molecule has 102 valence electrons. The summed E-state index contributed by atoms with van der Waals surface area (Å²) >= 11 is 18.3. The van der Waals surface area contributed by atoms with E-state index in [9.17, 15) is 8.42 Å². The van der Waals surface area contributed by atoms with Gasteiger partial charge in [-0.05, 0) is 23.8 Å². The third-order valence-electron chi connectivity index (χ3n) is 2.25. The number of alkyl halides is 1. The predicted molar refractivity (Wildman–Crippen MR) is 81.1 cm³/mol. The summed E-state index contributed by atoms with van der Waals surface area (Å²) in [5.41, 5.74) is 1.24. The molecular weight excluding hydrogens is 349 g/mol. The van der Waals surface area contributed by atoms with E-state index in [1.807, 2.05) is 0 Å². The Morgan fingerprint density at radius 2 is 1.95 bits per heavy atom. The Bertz CT molecular complexity index is 698. The number of benzene rings is 1. The average molecular weight is 357 g/mol. The third-order valence-corrected chi connectivity index (χ3v) is 5.69. The lowest BCUT2D eigenvalue weighted by atomic mass is 10.2. The maximum absolute atomic E-state index is 12.2. The van der Waals surface area contributed by atoms with Crippen molar-refractivity contribution in [2.24, 2.45) is 0 Å². The highest BCUT2D eigenvalue weighted by atomic mass is 35.5. The maximum Gasteiger partial charge on any atom is 0.264 e. The minimum absolute atomic E-state index is 0.0274. The van der Waals surface area contributed by atoms with Gasteiger partial charge in [0, 0.05) is 11.6 Å². The van der Waals surface area contributed by atoms with Crippen LogP contribution in [-0.4, -0.2) is 8.42 Å². The molecule has 0 atom stereocenters. The number of hydrogen-bond acceptors (Lipinski definition) is 3. The first-order valence-corrected chi connectivity index (χ1v) is 8.64. The lowest BCUT2D eigenvalue weighted by Crippen LogP contribution is -2.12. The van der Waals surface area contributed by atoms with E-state index in [1.54, 1.807) is 24.3 Å². The van der Waals surface area contributed by atoms with E-state index in [2.05, 4.69) is 4.72 Å². The molecule has 0 saturated carbocycles. The molecule has 0 saturated heterocycles. The lowest BCUT2D eigenvalue weighted by Gasteiger charge is -2.08. The number of hydrogen-bond donors (Lipinski definition) is 1. The first-order chi connectivity index (χ1) is 8.92. The van der Waals surface area contributed by atoms with Gasteiger partial charge in [-0.3, -0.25) is 4.72 Å². The molecule has 19 heavy (non-hydrogen) atoms. The Balaban J connectivity index is 2.33. The van der Waals surface area contributed by atoms with Gasteiger partial charge in [0.15, 0.2) is 0 Å². The van der Waals surface area contributed by atoms with Gasteiger partial charge >= 0.3 is 0 Å². The highest BCUT2D eigenvalue weighted by Gasteiger charge is 2.21. The number of anilines is 1. The van der Waals surface area contributed by atoms with Gasteiger partial charge in [0.2, 0.25) is 0 Å². The van der Waals surface area contributed by atoms with Gasteiger partial charge in [0.05, 0.1) is 4.34 Å². The molecule has 0 aliphatic rings. The van der Waals surface area contributed by atoms with Gasteiger partial charge in [0.1, 0.15) is 9.23 Å². The molecule has 0 radical (unpaired) electrons. The van der Waals surface area contributed by atoms with E-state index in [0.717, 1.165) is 16.9 Å². The number of nitrogens with one attached hydrogen (secondary N) is 1.